The molecule has 3 N–H and O–H groups in total. The van der Waals surface area contributed by atoms with Crippen molar-refractivity contribution in [2.45, 2.75) is 31.7 Å². The molecule has 2 amide bonds. The molecule has 0 aliphatic carbocycles. The molecule has 4 rings (SSSR count). The summed E-state index contributed by atoms with van der Waals surface area (Å²) in [5, 5.41) is 16.8. The van der Waals surface area contributed by atoms with Gasteiger partial charge in [0, 0.05) is 66.9 Å². The Morgan fingerprint density at radius 3 is 2.61 bits per heavy atom. The quantitative estimate of drug-likeness (QED) is 0.435. The van der Waals surface area contributed by atoms with Crippen molar-refractivity contribution in [2.75, 3.05) is 51.2 Å². The monoisotopic (exact) mass is 532 g/mol. The van der Waals surface area contributed by atoms with Crippen molar-refractivity contribution in [3.8, 4) is 0 Å². The van der Waals surface area contributed by atoms with Crippen molar-refractivity contribution in [1.29, 1.82) is 0 Å². The average Bonchev–Trinajstić information content (AvgIpc) is 3.09. The lowest BCUT2D eigenvalue weighted by Crippen LogP contribution is -2.50. The number of piperazine rings is 1. The van der Waals surface area contributed by atoms with Crippen LogP contribution in [0, 0.1) is 5.92 Å². The van der Waals surface area contributed by atoms with Gasteiger partial charge in [0.2, 0.25) is 11.8 Å². The highest BCUT2D eigenvalue weighted by molar-refractivity contribution is 6.31. The van der Waals surface area contributed by atoms with Gasteiger partial charge in [0.05, 0.1) is 6.61 Å². The third-order valence-corrected chi connectivity index (χ3v) is 7.63. The molecule has 2 aliphatic heterocycles. The molecule has 0 saturated carbocycles. The summed E-state index contributed by atoms with van der Waals surface area (Å²) in [5.74, 6) is 0.209. The van der Waals surface area contributed by atoms with Crippen LogP contribution in [0.3, 0.4) is 0 Å². The van der Waals surface area contributed by atoms with Crippen molar-refractivity contribution in [1.82, 2.24) is 15.1 Å². The van der Waals surface area contributed by atoms with Crippen LogP contribution in [0.2, 0.25) is 10.0 Å². The van der Waals surface area contributed by atoms with Gasteiger partial charge < -0.3 is 15.3 Å². The van der Waals surface area contributed by atoms with E-state index in [1.807, 2.05) is 35.2 Å². The SMILES string of the molecule is CC(CCNC1(Cc2cccc(Cl)c2)C(=O)Nc2cc(Cl)ccc21)CC(=O)N1CCN(CCO)CC1. The molecule has 7 nitrogen and oxygen atoms in total. The third kappa shape index (κ3) is 6.21. The number of β-amino-alcohol motifs (C(OH)–C–C–N with tert-alkyl or cyclic N) is 1. The van der Waals surface area contributed by atoms with Crippen LogP contribution >= 0.6 is 23.2 Å². The number of nitrogens with one attached hydrogen (secondary N) is 2. The first-order valence-electron chi connectivity index (χ1n) is 12.5. The van der Waals surface area contributed by atoms with E-state index in [4.69, 9.17) is 28.3 Å². The zero-order valence-electron chi connectivity index (χ0n) is 20.6. The molecule has 1 saturated heterocycles. The molecule has 0 bridgehead atoms. The first-order chi connectivity index (χ1) is 17.3. The Hall–Kier alpha value is -2.16. The first-order valence-corrected chi connectivity index (χ1v) is 13.3. The molecule has 9 heteroatoms. The number of carbonyl (C=O) groups is 2. The molecule has 2 unspecified atom stereocenters. The van der Waals surface area contributed by atoms with Gasteiger partial charge in [0.25, 0.3) is 0 Å². The fourth-order valence-corrected chi connectivity index (χ4v) is 5.52. The molecule has 0 spiro atoms. The largest absolute Gasteiger partial charge is 0.395 e. The number of aliphatic hydroxyl groups excluding tert-OH is 1. The van der Waals surface area contributed by atoms with Crippen LogP contribution in [0.25, 0.3) is 0 Å². The molecule has 2 heterocycles. The normalized spacial score (nSPS) is 20.8. The highest BCUT2D eigenvalue weighted by atomic mass is 35.5. The Morgan fingerprint density at radius 2 is 1.89 bits per heavy atom. The lowest BCUT2D eigenvalue weighted by Gasteiger charge is -2.35. The summed E-state index contributed by atoms with van der Waals surface area (Å²) in [6.07, 6.45) is 1.67. The number of nitrogens with zero attached hydrogens (tertiary/aromatic N) is 2. The van der Waals surface area contributed by atoms with Crippen molar-refractivity contribution in [3.63, 3.8) is 0 Å². The molecule has 2 aliphatic rings. The number of hydrogen-bond donors (Lipinski definition) is 3. The summed E-state index contributed by atoms with van der Waals surface area (Å²) in [6.45, 7) is 6.45. The summed E-state index contributed by atoms with van der Waals surface area (Å²) in [5.41, 5.74) is 1.58. The van der Waals surface area contributed by atoms with Crippen molar-refractivity contribution >= 4 is 40.7 Å². The fourth-order valence-electron chi connectivity index (χ4n) is 5.13. The predicted molar refractivity (Wildman–Crippen MR) is 143 cm³/mol. The molecule has 0 radical (unpaired) electrons. The van der Waals surface area contributed by atoms with E-state index in [9.17, 15) is 9.59 Å². The molecular weight excluding hydrogens is 499 g/mol. The van der Waals surface area contributed by atoms with Crippen molar-refractivity contribution in [2.24, 2.45) is 5.92 Å². The summed E-state index contributed by atoms with van der Waals surface area (Å²) in [7, 11) is 0. The summed E-state index contributed by atoms with van der Waals surface area (Å²) in [4.78, 5) is 30.3. The van der Waals surface area contributed by atoms with Crippen molar-refractivity contribution < 1.29 is 14.7 Å². The number of benzene rings is 2. The number of halogens is 2. The van der Waals surface area contributed by atoms with Gasteiger partial charge in [0.1, 0.15) is 5.54 Å². The Balaban J connectivity index is 1.40. The minimum Gasteiger partial charge on any atom is -0.395 e. The maximum absolute atomic E-state index is 13.4. The highest BCUT2D eigenvalue weighted by Crippen LogP contribution is 2.40. The van der Waals surface area contributed by atoms with Gasteiger partial charge in [-0.25, -0.2) is 0 Å². The van der Waals surface area contributed by atoms with Crippen LogP contribution in [-0.4, -0.2) is 72.6 Å². The van der Waals surface area contributed by atoms with E-state index in [0.717, 1.165) is 30.6 Å². The molecule has 2 atom stereocenters. The number of amides is 2. The van der Waals surface area contributed by atoms with E-state index in [1.165, 1.54) is 0 Å². The molecule has 2 aromatic carbocycles. The number of hydrogen-bond acceptors (Lipinski definition) is 5. The Kier molecular flexibility index (Phi) is 8.91. The van der Waals surface area contributed by atoms with Gasteiger partial charge in [-0.1, -0.05) is 48.3 Å². The van der Waals surface area contributed by atoms with Gasteiger partial charge in [0.15, 0.2) is 0 Å². The van der Waals surface area contributed by atoms with E-state index < -0.39 is 5.54 Å². The third-order valence-electron chi connectivity index (χ3n) is 7.16. The van der Waals surface area contributed by atoms with E-state index in [-0.39, 0.29) is 24.3 Å². The molecule has 1 fully saturated rings. The van der Waals surface area contributed by atoms with E-state index in [2.05, 4.69) is 22.5 Å². The standard InChI is InChI=1S/C27H34Cl2N4O3/c1-19(15-25(35)33-11-9-32(10-12-33)13-14-34)7-8-30-27(18-20-3-2-4-21(28)16-20)23-6-5-22(29)17-24(23)31-26(27)36/h2-6,16-17,19,30,34H,7-15,18H2,1H3,(H,31,36). The maximum atomic E-state index is 13.4. The summed E-state index contributed by atoms with van der Waals surface area (Å²) in [6, 6.07) is 13.0. The average molecular weight is 534 g/mol. The van der Waals surface area contributed by atoms with Crippen molar-refractivity contribution in [3.05, 3.63) is 63.6 Å². The highest BCUT2D eigenvalue weighted by Gasteiger charge is 2.46. The zero-order chi connectivity index (χ0) is 25.7. The maximum Gasteiger partial charge on any atom is 0.249 e. The second kappa shape index (κ2) is 11.9. The van der Waals surface area contributed by atoms with Gasteiger partial charge in [-0.15, -0.1) is 0 Å². The second-order valence-corrected chi connectivity index (χ2v) is 10.7. The van der Waals surface area contributed by atoms with Gasteiger partial charge in [-0.3, -0.25) is 19.8 Å². The zero-order valence-corrected chi connectivity index (χ0v) is 22.1. The Labute approximate surface area is 222 Å². The van der Waals surface area contributed by atoms with Crippen LogP contribution in [0.4, 0.5) is 5.69 Å². The van der Waals surface area contributed by atoms with Crippen LogP contribution in [0.1, 0.15) is 30.9 Å². The molecule has 2 aromatic rings. The number of rotatable bonds is 10. The molecule has 194 valence electrons. The Bertz CT molecular complexity index is 1090. The van der Waals surface area contributed by atoms with Crippen LogP contribution in [-0.2, 0) is 21.5 Å². The summed E-state index contributed by atoms with van der Waals surface area (Å²) < 4.78 is 0. The second-order valence-electron chi connectivity index (χ2n) is 9.83. The van der Waals surface area contributed by atoms with Gasteiger partial charge in [-0.2, -0.15) is 0 Å². The number of fused-ring (bicyclic) bond motifs is 1. The first kappa shape index (κ1) is 26.9. The molecule has 36 heavy (non-hydrogen) atoms. The lowest BCUT2D eigenvalue weighted by atomic mass is 9.84. The van der Waals surface area contributed by atoms with Gasteiger partial charge in [-0.05, 0) is 48.7 Å². The van der Waals surface area contributed by atoms with Crippen LogP contribution in [0.5, 0.6) is 0 Å². The number of anilines is 1. The van der Waals surface area contributed by atoms with E-state index in [1.54, 1.807) is 12.1 Å². The molecule has 0 aromatic heterocycles. The predicted octanol–water partition coefficient (Wildman–Crippen LogP) is 3.53. The topological polar surface area (TPSA) is 84.9 Å². The van der Waals surface area contributed by atoms with Crippen LogP contribution in [0.15, 0.2) is 42.5 Å². The number of aliphatic hydroxyl groups is 1. The smallest absolute Gasteiger partial charge is 0.249 e. The summed E-state index contributed by atoms with van der Waals surface area (Å²) >= 11 is 12.4. The van der Waals surface area contributed by atoms with E-state index >= 15 is 0 Å². The number of carbonyl (C=O) groups excluding carboxylic acids is 2. The minimum atomic E-state index is -0.947. The van der Waals surface area contributed by atoms with Gasteiger partial charge >= 0.3 is 0 Å². The van der Waals surface area contributed by atoms with Crippen LogP contribution < -0.4 is 10.6 Å². The van der Waals surface area contributed by atoms with E-state index in [0.29, 0.717) is 54.8 Å². The lowest BCUT2D eigenvalue weighted by molar-refractivity contribution is -0.134. The fraction of sp³-hybridized carbons (Fsp3) is 0.481. The molecular formula is C27H34Cl2N4O3. The Morgan fingerprint density at radius 1 is 1.14 bits per heavy atom. The minimum absolute atomic E-state index is 0.121.